The van der Waals surface area contributed by atoms with E-state index in [0.717, 1.165) is 31.4 Å². The second-order valence-corrected chi connectivity index (χ2v) is 7.18. The summed E-state index contributed by atoms with van der Waals surface area (Å²) < 4.78 is 18.1. The first-order chi connectivity index (χ1) is 12.6. The van der Waals surface area contributed by atoms with Crippen molar-refractivity contribution in [3.63, 3.8) is 0 Å². The van der Waals surface area contributed by atoms with Crippen molar-refractivity contribution in [2.24, 2.45) is 5.92 Å². The lowest BCUT2D eigenvalue weighted by molar-refractivity contribution is -0.144. The van der Waals surface area contributed by atoms with Crippen LogP contribution >= 0.6 is 0 Å². The molecule has 0 aliphatic carbocycles. The number of ether oxygens (including phenoxy) is 1. The van der Waals surface area contributed by atoms with E-state index in [0.29, 0.717) is 25.9 Å². The molecule has 3 rings (SSSR count). The molecular formula is C20H27FN2O3. The SMILES string of the molecule is COCC(=O)N1CCC(C(=O)N2CCCCC2c2ccc(F)cc2)CC1. The van der Waals surface area contributed by atoms with Crippen molar-refractivity contribution in [3.8, 4) is 0 Å². The molecule has 2 aliphatic rings. The van der Waals surface area contributed by atoms with E-state index in [4.69, 9.17) is 4.74 Å². The summed E-state index contributed by atoms with van der Waals surface area (Å²) in [7, 11) is 1.51. The molecule has 0 bridgehead atoms. The van der Waals surface area contributed by atoms with Crippen LogP contribution in [0.2, 0.25) is 0 Å². The van der Waals surface area contributed by atoms with Crippen LogP contribution in [-0.2, 0) is 14.3 Å². The quantitative estimate of drug-likeness (QED) is 0.828. The van der Waals surface area contributed by atoms with Gasteiger partial charge in [0.2, 0.25) is 11.8 Å². The van der Waals surface area contributed by atoms with Gasteiger partial charge < -0.3 is 14.5 Å². The first-order valence-electron chi connectivity index (χ1n) is 9.43. The van der Waals surface area contributed by atoms with E-state index in [-0.39, 0.29) is 36.2 Å². The maximum absolute atomic E-state index is 13.2. The summed E-state index contributed by atoms with van der Waals surface area (Å²) in [6.45, 7) is 2.06. The third-order valence-electron chi connectivity index (χ3n) is 5.51. The van der Waals surface area contributed by atoms with Crippen LogP contribution in [0, 0.1) is 11.7 Å². The van der Waals surface area contributed by atoms with Gasteiger partial charge in [0.15, 0.2) is 0 Å². The number of carbonyl (C=O) groups excluding carboxylic acids is 2. The van der Waals surface area contributed by atoms with Gasteiger partial charge in [0.25, 0.3) is 0 Å². The van der Waals surface area contributed by atoms with Crippen molar-refractivity contribution in [2.75, 3.05) is 33.4 Å². The van der Waals surface area contributed by atoms with Gasteiger partial charge >= 0.3 is 0 Å². The van der Waals surface area contributed by atoms with Crippen LogP contribution in [-0.4, -0.2) is 55.0 Å². The van der Waals surface area contributed by atoms with Gasteiger partial charge in [0.05, 0.1) is 6.04 Å². The van der Waals surface area contributed by atoms with Crippen molar-refractivity contribution in [3.05, 3.63) is 35.6 Å². The molecule has 0 N–H and O–H groups in total. The third kappa shape index (κ3) is 4.23. The number of benzene rings is 1. The number of carbonyl (C=O) groups is 2. The van der Waals surface area contributed by atoms with Crippen molar-refractivity contribution in [2.45, 2.75) is 38.1 Å². The highest BCUT2D eigenvalue weighted by Crippen LogP contribution is 2.33. The van der Waals surface area contributed by atoms with Crippen LogP contribution in [0.4, 0.5) is 4.39 Å². The number of halogens is 1. The Morgan fingerprint density at radius 2 is 1.77 bits per heavy atom. The number of piperidine rings is 2. The second-order valence-electron chi connectivity index (χ2n) is 7.18. The first-order valence-corrected chi connectivity index (χ1v) is 9.43. The number of likely N-dealkylation sites (tertiary alicyclic amines) is 2. The molecule has 142 valence electrons. The molecule has 6 heteroatoms. The minimum Gasteiger partial charge on any atom is -0.375 e. The third-order valence-corrected chi connectivity index (χ3v) is 5.51. The van der Waals surface area contributed by atoms with E-state index in [1.807, 2.05) is 4.90 Å². The van der Waals surface area contributed by atoms with E-state index in [2.05, 4.69) is 0 Å². The number of nitrogens with zero attached hydrogens (tertiary/aromatic N) is 2. The lowest BCUT2D eigenvalue weighted by Crippen LogP contribution is -2.47. The molecule has 26 heavy (non-hydrogen) atoms. The largest absolute Gasteiger partial charge is 0.375 e. The molecule has 2 fully saturated rings. The molecule has 0 spiro atoms. The average Bonchev–Trinajstić information content (AvgIpc) is 2.68. The minimum atomic E-state index is -0.254. The molecule has 2 amide bonds. The molecule has 2 saturated heterocycles. The molecule has 0 saturated carbocycles. The normalized spacial score (nSPS) is 21.7. The summed E-state index contributed by atoms with van der Waals surface area (Å²) in [6, 6.07) is 6.54. The number of hydrogen-bond donors (Lipinski definition) is 0. The second kappa shape index (κ2) is 8.62. The monoisotopic (exact) mass is 362 g/mol. The molecule has 1 aromatic rings. The maximum Gasteiger partial charge on any atom is 0.248 e. The number of rotatable bonds is 4. The van der Waals surface area contributed by atoms with Gasteiger partial charge in [0.1, 0.15) is 12.4 Å². The summed E-state index contributed by atoms with van der Waals surface area (Å²) >= 11 is 0. The fourth-order valence-corrected chi connectivity index (χ4v) is 4.05. The Bertz CT molecular complexity index is 626. The summed E-state index contributed by atoms with van der Waals surface area (Å²) in [6.07, 6.45) is 4.40. The zero-order chi connectivity index (χ0) is 18.5. The smallest absolute Gasteiger partial charge is 0.248 e. The Morgan fingerprint density at radius 3 is 2.42 bits per heavy atom. The molecule has 2 aliphatic heterocycles. The number of amides is 2. The standard InChI is InChI=1S/C20H27FN2O3/c1-26-14-19(24)22-12-9-16(10-13-22)20(25)23-11-3-2-4-18(23)15-5-7-17(21)8-6-15/h5-8,16,18H,2-4,9-14H2,1H3. The summed E-state index contributed by atoms with van der Waals surface area (Å²) in [5.41, 5.74) is 1.01. The van der Waals surface area contributed by atoms with Crippen molar-refractivity contribution in [1.29, 1.82) is 0 Å². The Balaban J connectivity index is 1.64. The molecular weight excluding hydrogens is 335 g/mol. The minimum absolute atomic E-state index is 0.0134. The zero-order valence-electron chi connectivity index (χ0n) is 15.3. The molecule has 5 nitrogen and oxygen atoms in total. The Labute approximate surface area is 154 Å². The predicted octanol–water partition coefficient (Wildman–Crippen LogP) is 2.76. The average molecular weight is 362 g/mol. The topological polar surface area (TPSA) is 49.9 Å². The van der Waals surface area contributed by atoms with Crippen molar-refractivity contribution >= 4 is 11.8 Å². The fraction of sp³-hybridized carbons (Fsp3) is 0.600. The van der Waals surface area contributed by atoms with Gasteiger partial charge in [0, 0.05) is 32.7 Å². The number of hydrogen-bond acceptors (Lipinski definition) is 3. The highest BCUT2D eigenvalue weighted by atomic mass is 19.1. The van der Waals surface area contributed by atoms with Gasteiger partial charge in [-0.1, -0.05) is 12.1 Å². The van der Waals surface area contributed by atoms with Crippen LogP contribution in [0.25, 0.3) is 0 Å². The summed E-state index contributed by atoms with van der Waals surface area (Å²) in [5, 5.41) is 0. The van der Waals surface area contributed by atoms with Crippen LogP contribution in [0.5, 0.6) is 0 Å². The van der Waals surface area contributed by atoms with Gasteiger partial charge in [-0.05, 0) is 49.8 Å². The van der Waals surface area contributed by atoms with Gasteiger partial charge in [-0.3, -0.25) is 9.59 Å². The lowest BCUT2D eigenvalue weighted by Gasteiger charge is -2.40. The van der Waals surface area contributed by atoms with Crippen LogP contribution in [0.15, 0.2) is 24.3 Å². The van der Waals surface area contributed by atoms with E-state index in [1.54, 1.807) is 17.0 Å². The van der Waals surface area contributed by atoms with Crippen LogP contribution in [0.3, 0.4) is 0 Å². The molecule has 1 unspecified atom stereocenters. The predicted molar refractivity (Wildman–Crippen MR) is 95.9 cm³/mol. The fourth-order valence-electron chi connectivity index (χ4n) is 4.05. The van der Waals surface area contributed by atoms with Gasteiger partial charge in [-0.25, -0.2) is 4.39 Å². The van der Waals surface area contributed by atoms with Crippen LogP contribution < -0.4 is 0 Å². The summed E-state index contributed by atoms with van der Waals surface area (Å²) in [4.78, 5) is 28.8. The zero-order valence-corrected chi connectivity index (χ0v) is 15.3. The molecule has 1 atom stereocenters. The summed E-state index contributed by atoms with van der Waals surface area (Å²) in [5.74, 6) is -0.128. The Hall–Kier alpha value is -1.95. The van der Waals surface area contributed by atoms with E-state index < -0.39 is 0 Å². The molecule has 0 aromatic heterocycles. The highest BCUT2D eigenvalue weighted by molar-refractivity contribution is 5.81. The highest BCUT2D eigenvalue weighted by Gasteiger charge is 2.34. The maximum atomic E-state index is 13.2. The van der Waals surface area contributed by atoms with Gasteiger partial charge in [-0.15, -0.1) is 0 Å². The van der Waals surface area contributed by atoms with Crippen molar-refractivity contribution < 1.29 is 18.7 Å². The van der Waals surface area contributed by atoms with Crippen molar-refractivity contribution in [1.82, 2.24) is 9.80 Å². The van der Waals surface area contributed by atoms with E-state index in [1.165, 1.54) is 19.2 Å². The molecule has 1 aromatic carbocycles. The first kappa shape index (κ1) is 18.8. The lowest BCUT2D eigenvalue weighted by atomic mass is 9.90. The number of methoxy groups -OCH3 is 1. The molecule has 2 heterocycles. The van der Waals surface area contributed by atoms with E-state index >= 15 is 0 Å². The van der Waals surface area contributed by atoms with Gasteiger partial charge in [-0.2, -0.15) is 0 Å². The molecule has 0 radical (unpaired) electrons. The van der Waals surface area contributed by atoms with Crippen LogP contribution in [0.1, 0.15) is 43.7 Å². The van der Waals surface area contributed by atoms with E-state index in [9.17, 15) is 14.0 Å². The Kier molecular flexibility index (Phi) is 6.25. The Morgan fingerprint density at radius 1 is 1.08 bits per heavy atom.